The van der Waals surface area contributed by atoms with E-state index < -0.39 is 0 Å². The first kappa shape index (κ1) is 9.51. The molecule has 0 aliphatic rings. The van der Waals surface area contributed by atoms with E-state index in [0.717, 1.165) is 9.13 Å². The third kappa shape index (κ3) is 1.77. The molecule has 0 radical (unpaired) electrons. The molecule has 3 heteroatoms. The van der Waals surface area contributed by atoms with Gasteiger partial charge in [0.1, 0.15) is 5.75 Å². The van der Waals surface area contributed by atoms with E-state index in [9.17, 15) is 9.90 Å². The van der Waals surface area contributed by atoms with Crippen LogP contribution in [0.3, 0.4) is 0 Å². The lowest BCUT2D eigenvalue weighted by Crippen LogP contribution is -1.96. The van der Waals surface area contributed by atoms with Crippen LogP contribution in [-0.2, 0) is 0 Å². The number of Topliss-reactive ketones (excluding diaryl/α,β-unsaturated/α-hetero) is 1. The summed E-state index contributed by atoms with van der Waals surface area (Å²) in [6.45, 7) is 3.30. The second kappa shape index (κ2) is 3.43. The van der Waals surface area contributed by atoms with Crippen LogP contribution in [0.15, 0.2) is 12.1 Å². The van der Waals surface area contributed by atoms with E-state index in [1.54, 1.807) is 19.1 Å². The number of hydrogen-bond donors (Lipinski definition) is 1. The van der Waals surface area contributed by atoms with Crippen LogP contribution in [0, 0.1) is 10.5 Å². The second-order valence-electron chi connectivity index (χ2n) is 2.67. The molecule has 0 unspecified atom stereocenters. The highest BCUT2D eigenvalue weighted by Crippen LogP contribution is 2.23. The summed E-state index contributed by atoms with van der Waals surface area (Å²) in [4.78, 5) is 11.0. The molecule has 12 heavy (non-hydrogen) atoms. The summed E-state index contributed by atoms with van der Waals surface area (Å²) >= 11 is 2.04. The smallest absolute Gasteiger partial charge is 0.160 e. The lowest BCUT2D eigenvalue weighted by Gasteiger charge is -2.03. The summed E-state index contributed by atoms with van der Waals surface area (Å²) in [7, 11) is 0. The van der Waals surface area contributed by atoms with Crippen molar-refractivity contribution >= 4 is 28.4 Å². The molecule has 0 bridgehead atoms. The molecule has 64 valence electrons. The Hall–Kier alpha value is -0.580. The van der Waals surface area contributed by atoms with Gasteiger partial charge in [-0.2, -0.15) is 0 Å². The quantitative estimate of drug-likeness (QED) is 0.632. The van der Waals surface area contributed by atoms with Gasteiger partial charge in [-0.25, -0.2) is 0 Å². The van der Waals surface area contributed by atoms with E-state index in [0.29, 0.717) is 5.56 Å². The molecule has 0 spiro atoms. The zero-order valence-corrected chi connectivity index (χ0v) is 9.05. The van der Waals surface area contributed by atoms with Gasteiger partial charge in [-0.3, -0.25) is 4.79 Å². The van der Waals surface area contributed by atoms with Crippen molar-refractivity contribution in [3.63, 3.8) is 0 Å². The molecule has 1 rings (SSSR count). The molecule has 1 aromatic carbocycles. The molecular formula is C9H9IO2. The molecule has 0 saturated carbocycles. The summed E-state index contributed by atoms with van der Waals surface area (Å²) in [6, 6.07) is 3.31. The van der Waals surface area contributed by atoms with Gasteiger partial charge < -0.3 is 5.11 Å². The molecule has 1 aromatic rings. The highest BCUT2D eigenvalue weighted by Gasteiger charge is 2.07. The molecular weight excluding hydrogens is 267 g/mol. The van der Waals surface area contributed by atoms with Crippen molar-refractivity contribution in [1.82, 2.24) is 0 Å². The van der Waals surface area contributed by atoms with E-state index in [-0.39, 0.29) is 11.5 Å². The lowest BCUT2D eigenvalue weighted by molar-refractivity contribution is 0.101. The number of halogens is 1. The number of ketones is 1. The molecule has 0 fully saturated rings. The Balaban J connectivity index is 3.33. The molecule has 0 saturated heterocycles. The minimum Gasteiger partial charge on any atom is -0.508 e. The largest absolute Gasteiger partial charge is 0.508 e. The van der Waals surface area contributed by atoms with Gasteiger partial charge in [0.05, 0.1) is 0 Å². The summed E-state index contributed by atoms with van der Waals surface area (Å²) in [5, 5.41) is 9.29. The van der Waals surface area contributed by atoms with Crippen molar-refractivity contribution in [2.75, 3.05) is 0 Å². The lowest BCUT2D eigenvalue weighted by atomic mass is 10.1. The number of carbonyl (C=O) groups excluding carboxylic acids is 1. The van der Waals surface area contributed by atoms with Crippen molar-refractivity contribution in [2.45, 2.75) is 13.8 Å². The van der Waals surface area contributed by atoms with Crippen LogP contribution in [-0.4, -0.2) is 10.9 Å². The van der Waals surface area contributed by atoms with Crippen LogP contribution >= 0.6 is 22.6 Å². The van der Waals surface area contributed by atoms with Crippen LogP contribution in [0.4, 0.5) is 0 Å². The minimum atomic E-state index is 0.0301. The minimum absolute atomic E-state index is 0.0301. The number of aromatic hydroxyl groups is 1. The molecule has 0 aliphatic carbocycles. The fourth-order valence-corrected chi connectivity index (χ4v) is 1.77. The molecule has 2 nitrogen and oxygen atoms in total. The fraction of sp³-hybridized carbons (Fsp3) is 0.222. The van der Waals surface area contributed by atoms with Crippen LogP contribution in [0.1, 0.15) is 22.8 Å². The molecule has 0 aromatic heterocycles. The monoisotopic (exact) mass is 276 g/mol. The van der Waals surface area contributed by atoms with Gasteiger partial charge in [0.25, 0.3) is 0 Å². The van der Waals surface area contributed by atoms with E-state index in [2.05, 4.69) is 0 Å². The second-order valence-corrected chi connectivity index (χ2v) is 3.84. The van der Waals surface area contributed by atoms with Gasteiger partial charge in [-0.1, -0.05) is 0 Å². The van der Waals surface area contributed by atoms with E-state index in [4.69, 9.17) is 0 Å². The van der Waals surface area contributed by atoms with E-state index >= 15 is 0 Å². The van der Waals surface area contributed by atoms with Crippen molar-refractivity contribution in [3.05, 3.63) is 26.8 Å². The SMILES string of the molecule is CC(=O)c1cc(C)c(O)cc1I. The first-order valence-electron chi connectivity index (χ1n) is 3.52. The Morgan fingerprint density at radius 2 is 2.08 bits per heavy atom. The van der Waals surface area contributed by atoms with Gasteiger partial charge in [0.15, 0.2) is 5.78 Å². The van der Waals surface area contributed by atoms with E-state index in [1.165, 1.54) is 6.92 Å². The van der Waals surface area contributed by atoms with Crippen molar-refractivity contribution in [1.29, 1.82) is 0 Å². The molecule has 0 atom stereocenters. The number of phenols is 1. The number of rotatable bonds is 1. The molecule has 0 amide bonds. The van der Waals surface area contributed by atoms with Crippen LogP contribution in [0.5, 0.6) is 5.75 Å². The average molecular weight is 276 g/mol. The average Bonchev–Trinajstić information content (AvgIpc) is 1.96. The number of aryl methyl sites for hydroxylation is 1. The van der Waals surface area contributed by atoms with Crippen LogP contribution in [0.2, 0.25) is 0 Å². The Morgan fingerprint density at radius 1 is 1.50 bits per heavy atom. The topological polar surface area (TPSA) is 37.3 Å². The predicted molar refractivity (Wildman–Crippen MR) is 55.6 cm³/mol. The summed E-state index contributed by atoms with van der Waals surface area (Å²) in [6.07, 6.45) is 0. The standard InChI is InChI=1S/C9H9IO2/c1-5-3-7(6(2)11)8(10)4-9(5)12/h3-4,12H,1-2H3. The Kier molecular flexibility index (Phi) is 2.72. The highest BCUT2D eigenvalue weighted by atomic mass is 127. The summed E-state index contributed by atoms with van der Waals surface area (Å²) < 4.78 is 0.795. The zero-order valence-electron chi connectivity index (χ0n) is 6.89. The van der Waals surface area contributed by atoms with Gasteiger partial charge in [-0.05, 0) is 54.1 Å². The molecule has 1 N–H and O–H groups in total. The summed E-state index contributed by atoms with van der Waals surface area (Å²) in [5.41, 5.74) is 1.41. The number of carbonyl (C=O) groups is 1. The van der Waals surface area contributed by atoms with Gasteiger partial charge >= 0.3 is 0 Å². The normalized spacial score (nSPS) is 9.92. The zero-order chi connectivity index (χ0) is 9.30. The van der Waals surface area contributed by atoms with Crippen LogP contribution < -0.4 is 0 Å². The number of benzene rings is 1. The first-order chi connectivity index (χ1) is 5.52. The van der Waals surface area contributed by atoms with Crippen molar-refractivity contribution < 1.29 is 9.90 Å². The highest BCUT2D eigenvalue weighted by molar-refractivity contribution is 14.1. The molecule has 0 heterocycles. The Bertz CT molecular complexity index is 332. The molecule has 0 aliphatic heterocycles. The Morgan fingerprint density at radius 3 is 2.58 bits per heavy atom. The third-order valence-corrected chi connectivity index (χ3v) is 2.56. The third-order valence-electron chi connectivity index (χ3n) is 1.66. The fourth-order valence-electron chi connectivity index (χ4n) is 0.941. The Labute approximate surface area is 84.7 Å². The van der Waals surface area contributed by atoms with Gasteiger partial charge in [0.2, 0.25) is 0 Å². The first-order valence-corrected chi connectivity index (χ1v) is 4.60. The maximum Gasteiger partial charge on any atom is 0.160 e. The van der Waals surface area contributed by atoms with Crippen LogP contribution in [0.25, 0.3) is 0 Å². The van der Waals surface area contributed by atoms with Gasteiger partial charge in [-0.15, -0.1) is 0 Å². The van der Waals surface area contributed by atoms with E-state index in [1.807, 2.05) is 22.6 Å². The number of phenolic OH excluding ortho intramolecular Hbond substituents is 1. The maximum atomic E-state index is 11.0. The van der Waals surface area contributed by atoms with Crippen molar-refractivity contribution in [3.8, 4) is 5.75 Å². The van der Waals surface area contributed by atoms with Crippen molar-refractivity contribution in [2.24, 2.45) is 0 Å². The maximum absolute atomic E-state index is 11.0. The van der Waals surface area contributed by atoms with Gasteiger partial charge in [0, 0.05) is 9.13 Å². The number of hydrogen-bond acceptors (Lipinski definition) is 2. The summed E-state index contributed by atoms with van der Waals surface area (Å²) in [5.74, 6) is 0.270. The predicted octanol–water partition coefficient (Wildman–Crippen LogP) is 2.51.